The van der Waals surface area contributed by atoms with Crippen LogP contribution in [0.4, 0.5) is 5.82 Å². The van der Waals surface area contributed by atoms with Gasteiger partial charge in [0.1, 0.15) is 11.6 Å². The summed E-state index contributed by atoms with van der Waals surface area (Å²) in [5.74, 6) is 0.272. The maximum atomic E-state index is 11.9. The number of aryl methyl sites for hydroxylation is 1. The van der Waals surface area contributed by atoms with E-state index in [1.165, 1.54) is 17.8 Å². The third kappa shape index (κ3) is 2.85. The zero-order valence-electron chi connectivity index (χ0n) is 10.1. The van der Waals surface area contributed by atoms with Gasteiger partial charge in [0.2, 0.25) is 0 Å². The Hall–Kier alpha value is -2.36. The van der Waals surface area contributed by atoms with Gasteiger partial charge < -0.3 is 10.4 Å². The van der Waals surface area contributed by atoms with E-state index < -0.39 is 0 Å². The Balaban J connectivity index is 2.09. The first-order valence-electron chi connectivity index (χ1n) is 5.74. The smallest absolute Gasteiger partial charge is 0.256 e. The normalized spacial score (nSPS) is 10.1. The molecule has 2 N–H and O–H groups in total. The topological polar surface area (TPSA) is 62.2 Å². The summed E-state index contributed by atoms with van der Waals surface area (Å²) in [6.45, 7) is 2.06. The van der Waals surface area contributed by atoms with Gasteiger partial charge in [-0.3, -0.25) is 4.79 Å². The minimum atomic E-state index is -0.212. The van der Waals surface area contributed by atoms with Gasteiger partial charge in [-0.15, -0.1) is 0 Å². The lowest BCUT2D eigenvalue weighted by atomic mass is 10.1. The fourth-order valence-corrected chi connectivity index (χ4v) is 1.54. The molecule has 1 amide bonds. The number of hydrogen-bond donors (Lipinski definition) is 2. The van der Waals surface area contributed by atoms with E-state index in [1.54, 1.807) is 18.2 Å². The first-order valence-corrected chi connectivity index (χ1v) is 5.74. The van der Waals surface area contributed by atoms with Crippen molar-refractivity contribution < 1.29 is 9.90 Å². The van der Waals surface area contributed by atoms with Gasteiger partial charge in [0, 0.05) is 5.56 Å². The van der Waals surface area contributed by atoms with Crippen molar-refractivity contribution in [2.75, 3.05) is 5.32 Å². The third-order valence-electron chi connectivity index (χ3n) is 2.61. The number of nitrogens with zero attached hydrogens (tertiary/aromatic N) is 1. The Morgan fingerprint density at radius 3 is 2.50 bits per heavy atom. The van der Waals surface area contributed by atoms with Crippen LogP contribution in [-0.2, 0) is 6.42 Å². The van der Waals surface area contributed by atoms with Gasteiger partial charge >= 0.3 is 0 Å². The largest absolute Gasteiger partial charge is 0.506 e. The second-order valence-electron chi connectivity index (χ2n) is 3.91. The molecule has 2 rings (SSSR count). The zero-order valence-corrected chi connectivity index (χ0v) is 10.1. The molecule has 92 valence electrons. The van der Waals surface area contributed by atoms with Crippen molar-refractivity contribution in [1.29, 1.82) is 0 Å². The van der Waals surface area contributed by atoms with Crippen LogP contribution in [0.1, 0.15) is 22.8 Å². The van der Waals surface area contributed by atoms with Crippen molar-refractivity contribution in [2.24, 2.45) is 0 Å². The van der Waals surface area contributed by atoms with E-state index in [1.807, 2.05) is 12.1 Å². The Kier molecular flexibility index (Phi) is 3.57. The summed E-state index contributed by atoms with van der Waals surface area (Å²) in [6, 6.07) is 10.5. The molecule has 0 aliphatic heterocycles. The number of hydrogen-bond acceptors (Lipinski definition) is 3. The number of amides is 1. The molecule has 4 heteroatoms. The van der Waals surface area contributed by atoms with Gasteiger partial charge in [-0.25, -0.2) is 4.98 Å². The van der Waals surface area contributed by atoms with Crippen LogP contribution in [0.5, 0.6) is 5.75 Å². The molecule has 0 radical (unpaired) electrons. The van der Waals surface area contributed by atoms with E-state index in [2.05, 4.69) is 17.2 Å². The second kappa shape index (κ2) is 5.31. The summed E-state index contributed by atoms with van der Waals surface area (Å²) in [5.41, 5.74) is 1.77. The molecule has 0 saturated heterocycles. The van der Waals surface area contributed by atoms with Gasteiger partial charge in [0.25, 0.3) is 5.91 Å². The number of aromatic nitrogens is 1. The molecular formula is C14H14N2O2. The molecule has 0 aliphatic rings. The van der Waals surface area contributed by atoms with Crippen molar-refractivity contribution in [1.82, 2.24) is 4.98 Å². The van der Waals surface area contributed by atoms with Gasteiger partial charge in [0.15, 0.2) is 0 Å². The standard InChI is InChI=1S/C14H14N2O2/c1-2-10-3-5-11(6-4-10)14(18)16-13-8-7-12(17)9-15-13/h3-9,17H,2H2,1H3,(H,15,16,18). The molecule has 0 saturated carbocycles. The van der Waals surface area contributed by atoms with Crippen LogP contribution >= 0.6 is 0 Å². The molecule has 4 nitrogen and oxygen atoms in total. The third-order valence-corrected chi connectivity index (χ3v) is 2.61. The first kappa shape index (κ1) is 12.1. The van der Waals surface area contributed by atoms with Crippen molar-refractivity contribution in [3.63, 3.8) is 0 Å². The predicted molar refractivity (Wildman–Crippen MR) is 69.7 cm³/mol. The molecular weight excluding hydrogens is 228 g/mol. The number of pyridine rings is 1. The summed E-state index contributed by atoms with van der Waals surface area (Å²) in [4.78, 5) is 15.8. The Bertz CT molecular complexity index is 533. The minimum Gasteiger partial charge on any atom is -0.506 e. The summed E-state index contributed by atoms with van der Waals surface area (Å²) >= 11 is 0. The number of carbonyl (C=O) groups excluding carboxylic acids is 1. The van der Waals surface area contributed by atoms with Crippen LogP contribution in [0.25, 0.3) is 0 Å². The van der Waals surface area contributed by atoms with E-state index in [0.717, 1.165) is 6.42 Å². The maximum Gasteiger partial charge on any atom is 0.256 e. The van der Waals surface area contributed by atoms with Crippen molar-refractivity contribution in [3.05, 3.63) is 53.7 Å². The van der Waals surface area contributed by atoms with E-state index in [4.69, 9.17) is 5.11 Å². The van der Waals surface area contributed by atoms with Gasteiger partial charge in [-0.05, 0) is 36.2 Å². The number of benzene rings is 1. The SMILES string of the molecule is CCc1ccc(C(=O)Nc2ccc(O)cn2)cc1. The van der Waals surface area contributed by atoms with Crippen molar-refractivity contribution in [2.45, 2.75) is 13.3 Å². The van der Waals surface area contributed by atoms with E-state index in [0.29, 0.717) is 11.4 Å². The highest BCUT2D eigenvalue weighted by Gasteiger charge is 2.06. The average Bonchev–Trinajstić information content (AvgIpc) is 2.41. The molecule has 1 aromatic carbocycles. The van der Waals surface area contributed by atoms with Crippen molar-refractivity contribution >= 4 is 11.7 Å². The molecule has 1 aromatic heterocycles. The maximum absolute atomic E-state index is 11.9. The van der Waals surface area contributed by atoms with E-state index in [-0.39, 0.29) is 11.7 Å². The number of anilines is 1. The highest BCUT2D eigenvalue weighted by molar-refractivity contribution is 6.03. The Labute approximate surface area is 105 Å². The lowest BCUT2D eigenvalue weighted by Crippen LogP contribution is -2.12. The zero-order chi connectivity index (χ0) is 13.0. The fraction of sp³-hybridized carbons (Fsp3) is 0.143. The molecule has 0 spiro atoms. The number of rotatable bonds is 3. The molecule has 18 heavy (non-hydrogen) atoms. The molecule has 0 bridgehead atoms. The van der Waals surface area contributed by atoms with Crippen LogP contribution in [-0.4, -0.2) is 16.0 Å². The summed E-state index contributed by atoms with van der Waals surface area (Å²) in [6.07, 6.45) is 2.23. The van der Waals surface area contributed by atoms with Crippen LogP contribution in [0.3, 0.4) is 0 Å². The molecule has 0 fully saturated rings. The number of aromatic hydroxyl groups is 1. The fourth-order valence-electron chi connectivity index (χ4n) is 1.54. The Morgan fingerprint density at radius 2 is 1.94 bits per heavy atom. The van der Waals surface area contributed by atoms with Crippen LogP contribution in [0.15, 0.2) is 42.6 Å². The van der Waals surface area contributed by atoms with Crippen LogP contribution in [0, 0.1) is 0 Å². The molecule has 0 unspecified atom stereocenters. The molecule has 1 heterocycles. The quantitative estimate of drug-likeness (QED) is 0.869. The second-order valence-corrected chi connectivity index (χ2v) is 3.91. The van der Waals surface area contributed by atoms with Gasteiger partial charge in [-0.2, -0.15) is 0 Å². The minimum absolute atomic E-state index is 0.0697. The number of nitrogens with one attached hydrogen (secondary N) is 1. The van der Waals surface area contributed by atoms with E-state index in [9.17, 15) is 4.79 Å². The first-order chi connectivity index (χ1) is 8.69. The monoisotopic (exact) mass is 242 g/mol. The molecule has 0 aliphatic carbocycles. The van der Waals surface area contributed by atoms with Crippen LogP contribution in [0.2, 0.25) is 0 Å². The van der Waals surface area contributed by atoms with E-state index >= 15 is 0 Å². The average molecular weight is 242 g/mol. The molecule has 2 aromatic rings. The molecule has 0 atom stereocenters. The van der Waals surface area contributed by atoms with Gasteiger partial charge in [-0.1, -0.05) is 19.1 Å². The highest BCUT2D eigenvalue weighted by Crippen LogP contribution is 2.11. The summed E-state index contributed by atoms with van der Waals surface area (Å²) in [7, 11) is 0. The van der Waals surface area contributed by atoms with Crippen LogP contribution < -0.4 is 5.32 Å². The Morgan fingerprint density at radius 1 is 1.22 bits per heavy atom. The number of carbonyl (C=O) groups is 1. The highest BCUT2D eigenvalue weighted by atomic mass is 16.3. The summed E-state index contributed by atoms with van der Waals surface area (Å²) in [5, 5.41) is 11.8. The van der Waals surface area contributed by atoms with Crippen molar-refractivity contribution in [3.8, 4) is 5.75 Å². The lowest BCUT2D eigenvalue weighted by Gasteiger charge is -2.05. The summed E-state index contributed by atoms with van der Waals surface area (Å²) < 4.78 is 0. The van der Waals surface area contributed by atoms with Gasteiger partial charge in [0.05, 0.1) is 6.20 Å². The lowest BCUT2D eigenvalue weighted by molar-refractivity contribution is 0.102. The predicted octanol–water partition coefficient (Wildman–Crippen LogP) is 2.60.